The van der Waals surface area contributed by atoms with Gasteiger partial charge in [0.15, 0.2) is 0 Å². The van der Waals surface area contributed by atoms with Crippen molar-refractivity contribution in [3.05, 3.63) is 29.6 Å². The van der Waals surface area contributed by atoms with E-state index in [0.29, 0.717) is 5.92 Å². The Morgan fingerprint density at radius 3 is 2.88 bits per heavy atom. The summed E-state index contributed by atoms with van der Waals surface area (Å²) < 4.78 is 0. The summed E-state index contributed by atoms with van der Waals surface area (Å²) in [5.74, 6) is 7.21. The van der Waals surface area contributed by atoms with E-state index in [-0.39, 0.29) is 6.04 Å². The number of pyridine rings is 1. The highest BCUT2D eigenvalue weighted by Crippen LogP contribution is 2.38. The van der Waals surface area contributed by atoms with Crippen molar-refractivity contribution in [2.75, 3.05) is 0 Å². The van der Waals surface area contributed by atoms with Crippen molar-refractivity contribution >= 4 is 0 Å². The van der Waals surface area contributed by atoms with E-state index in [4.69, 9.17) is 5.84 Å². The van der Waals surface area contributed by atoms with Crippen molar-refractivity contribution in [1.29, 1.82) is 0 Å². The number of rotatable bonds is 3. The van der Waals surface area contributed by atoms with Gasteiger partial charge < -0.3 is 0 Å². The zero-order valence-corrected chi connectivity index (χ0v) is 10.1. The van der Waals surface area contributed by atoms with Gasteiger partial charge in [0, 0.05) is 12.4 Å². The second kappa shape index (κ2) is 4.93. The minimum absolute atomic E-state index is 0.263. The number of nitrogens with zero attached hydrogens (tertiary/aromatic N) is 1. The molecule has 1 heterocycles. The SMILES string of the molecule is Cc1ccncc1C(NN)C1CCC(C)C1. The lowest BCUT2D eigenvalue weighted by Gasteiger charge is -2.24. The summed E-state index contributed by atoms with van der Waals surface area (Å²) in [5, 5.41) is 0. The third-order valence-electron chi connectivity index (χ3n) is 3.80. The first-order chi connectivity index (χ1) is 7.72. The fraction of sp³-hybridized carbons (Fsp3) is 0.615. The van der Waals surface area contributed by atoms with E-state index in [1.54, 1.807) is 0 Å². The molecule has 0 saturated heterocycles. The second-order valence-corrected chi connectivity index (χ2v) is 5.05. The van der Waals surface area contributed by atoms with Crippen molar-refractivity contribution in [3.63, 3.8) is 0 Å². The third kappa shape index (κ3) is 2.25. The van der Waals surface area contributed by atoms with Crippen LogP contribution in [0.1, 0.15) is 43.4 Å². The second-order valence-electron chi connectivity index (χ2n) is 5.05. The maximum Gasteiger partial charge on any atom is 0.0506 e. The van der Waals surface area contributed by atoms with Crippen LogP contribution in [-0.4, -0.2) is 4.98 Å². The van der Waals surface area contributed by atoms with E-state index in [1.807, 2.05) is 12.4 Å². The average molecular weight is 219 g/mol. The molecule has 3 nitrogen and oxygen atoms in total. The van der Waals surface area contributed by atoms with Crippen LogP contribution in [0, 0.1) is 18.8 Å². The lowest BCUT2D eigenvalue weighted by Crippen LogP contribution is -2.33. The summed E-state index contributed by atoms with van der Waals surface area (Å²) in [7, 11) is 0. The largest absolute Gasteiger partial charge is 0.271 e. The summed E-state index contributed by atoms with van der Waals surface area (Å²) in [6, 6.07) is 2.32. The fourth-order valence-corrected chi connectivity index (χ4v) is 2.84. The molecule has 3 atom stereocenters. The molecule has 1 aromatic heterocycles. The Morgan fingerprint density at radius 1 is 1.50 bits per heavy atom. The third-order valence-corrected chi connectivity index (χ3v) is 3.80. The van der Waals surface area contributed by atoms with Gasteiger partial charge in [0.25, 0.3) is 0 Å². The number of hydrazine groups is 1. The van der Waals surface area contributed by atoms with E-state index >= 15 is 0 Å². The van der Waals surface area contributed by atoms with Gasteiger partial charge in [-0.25, -0.2) is 0 Å². The Hall–Kier alpha value is -0.930. The first kappa shape index (κ1) is 11.6. The molecule has 0 aliphatic heterocycles. The number of hydrogen-bond donors (Lipinski definition) is 2. The molecule has 3 N–H and O–H groups in total. The zero-order valence-electron chi connectivity index (χ0n) is 10.1. The van der Waals surface area contributed by atoms with Gasteiger partial charge in [-0.05, 0) is 48.8 Å². The molecule has 88 valence electrons. The van der Waals surface area contributed by atoms with Gasteiger partial charge in [-0.3, -0.25) is 16.3 Å². The summed E-state index contributed by atoms with van der Waals surface area (Å²) in [6.45, 7) is 4.45. The van der Waals surface area contributed by atoms with Crippen LogP contribution in [0.4, 0.5) is 0 Å². The van der Waals surface area contributed by atoms with Crippen molar-refractivity contribution < 1.29 is 0 Å². The van der Waals surface area contributed by atoms with Gasteiger partial charge in [-0.1, -0.05) is 13.3 Å². The maximum absolute atomic E-state index is 5.72. The predicted molar refractivity (Wildman–Crippen MR) is 65.5 cm³/mol. The Bertz CT molecular complexity index is 351. The van der Waals surface area contributed by atoms with Gasteiger partial charge >= 0.3 is 0 Å². The molecular formula is C13H21N3. The molecule has 0 amide bonds. The van der Waals surface area contributed by atoms with Crippen molar-refractivity contribution in [2.24, 2.45) is 17.7 Å². The van der Waals surface area contributed by atoms with Crippen LogP contribution >= 0.6 is 0 Å². The molecule has 1 saturated carbocycles. The van der Waals surface area contributed by atoms with Crippen LogP contribution in [0.25, 0.3) is 0 Å². The summed E-state index contributed by atoms with van der Waals surface area (Å²) in [4.78, 5) is 4.21. The van der Waals surface area contributed by atoms with Crippen LogP contribution in [0.15, 0.2) is 18.5 Å². The molecule has 1 aromatic rings. The van der Waals surface area contributed by atoms with Crippen LogP contribution in [-0.2, 0) is 0 Å². The standard InChI is InChI=1S/C13H21N3/c1-9-3-4-11(7-9)13(16-14)12-8-15-6-5-10(12)2/h5-6,8-9,11,13,16H,3-4,7,14H2,1-2H3. The van der Waals surface area contributed by atoms with E-state index in [0.717, 1.165) is 5.92 Å². The molecule has 1 fully saturated rings. The highest BCUT2D eigenvalue weighted by atomic mass is 15.2. The monoisotopic (exact) mass is 219 g/mol. The van der Waals surface area contributed by atoms with Gasteiger partial charge in [0.1, 0.15) is 0 Å². The first-order valence-corrected chi connectivity index (χ1v) is 6.09. The molecule has 0 aromatic carbocycles. The normalized spacial score (nSPS) is 26.9. The number of nitrogens with two attached hydrogens (primary N) is 1. The fourth-order valence-electron chi connectivity index (χ4n) is 2.84. The average Bonchev–Trinajstić information content (AvgIpc) is 2.69. The summed E-state index contributed by atoms with van der Waals surface area (Å²) in [5.41, 5.74) is 5.51. The molecule has 0 radical (unpaired) electrons. The Morgan fingerprint density at radius 2 is 2.31 bits per heavy atom. The number of aromatic nitrogens is 1. The van der Waals surface area contributed by atoms with Crippen molar-refractivity contribution in [1.82, 2.24) is 10.4 Å². The van der Waals surface area contributed by atoms with Crippen LogP contribution in [0.3, 0.4) is 0 Å². The lowest BCUT2D eigenvalue weighted by molar-refractivity contribution is 0.362. The number of hydrogen-bond acceptors (Lipinski definition) is 3. The van der Waals surface area contributed by atoms with E-state index in [1.165, 1.54) is 30.4 Å². The highest BCUT2D eigenvalue weighted by molar-refractivity contribution is 5.25. The van der Waals surface area contributed by atoms with Gasteiger partial charge in [0.2, 0.25) is 0 Å². The molecule has 2 rings (SSSR count). The smallest absolute Gasteiger partial charge is 0.0506 e. The highest BCUT2D eigenvalue weighted by Gasteiger charge is 2.29. The van der Waals surface area contributed by atoms with Crippen molar-refractivity contribution in [2.45, 2.75) is 39.2 Å². The van der Waals surface area contributed by atoms with Gasteiger partial charge in [-0.15, -0.1) is 0 Å². The molecular weight excluding hydrogens is 198 g/mol. The van der Waals surface area contributed by atoms with Gasteiger partial charge in [-0.2, -0.15) is 0 Å². The molecule has 16 heavy (non-hydrogen) atoms. The minimum atomic E-state index is 0.263. The molecule has 0 spiro atoms. The predicted octanol–water partition coefficient (Wildman–Crippen LogP) is 2.33. The Balaban J connectivity index is 2.19. The van der Waals surface area contributed by atoms with Crippen molar-refractivity contribution in [3.8, 4) is 0 Å². The molecule has 0 bridgehead atoms. The minimum Gasteiger partial charge on any atom is -0.271 e. The Labute approximate surface area is 97.4 Å². The number of aryl methyl sites for hydroxylation is 1. The first-order valence-electron chi connectivity index (χ1n) is 6.09. The Kier molecular flexibility index (Phi) is 3.56. The molecule has 1 aliphatic carbocycles. The summed E-state index contributed by atoms with van der Waals surface area (Å²) in [6.07, 6.45) is 7.64. The summed E-state index contributed by atoms with van der Waals surface area (Å²) >= 11 is 0. The van der Waals surface area contributed by atoms with E-state index in [2.05, 4.69) is 30.3 Å². The van der Waals surface area contributed by atoms with Gasteiger partial charge in [0.05, 0.1) is 6.04 Å². The van der Waals surface area contributed by atoms with E-state index < -0.39 is 0 Å². The maximum atomic E-state index is 5.72. The number of nitrogens with one attached hydrogen (secondary N) is 1. The molecule has 3 heteroatoms. The van der Waals surface area contributed by atoms with E-state index in [9.17, 15) is 0 Å². The van der Waals surface area contributed by atoms with Crippen LogP contribution < -0.4 is 11.3 Å². The molecule has 3 unspecified atom stereocenters. The molecule has 1 aliphatic rings. The topological polar surface area (TPSA) is 50.9 Å². The van der Waals surface area contributed by atoms with Crippen LogP contribution in [0.2, 0.25) is 0 Å². The zero-order chi connectivity index (χ0) is 11.5. The lowest BCUT2D eigenvalue weighted by atomic mass is 9.90. The quantitative estimate of drug-likeness (QED) is 0.606. The van der Waals surface area contributed by atoms with Crippen LogP contribution in [0.5, 0.6) is 0 Å².